The fourth-order valence-electron chi connectivity index (χ4n) is 1.22. The summed E-state index contributed by atoms with van der Waals surface area (Å²) in [6.45, 7) is 1.67. The van der Waals surface area contributed by atoms with Gasteiger partial charge in [-0.15, -0.1) is 0 Å². The third kappa shape index (κ3) is 3.61. The second-order valence-electron chi connectivity index (χ2n) is 3.40. The lowest BCUT2D eigenvalue weighted by molar-refractivity contribution is -0.139. The summed E-state index contributed by atoms with van der Waals surface area (Å²) < 4.78 is 0. The van der Waals surface area contributed by atoms with Crippen molar-refractivity contribution in [1.82, 2.24) is 5.32 Å². The van der Waals surface area contributed by atoms with Crippen LogP contribution in [0.2, 0.25) is 10.0 Å². The van der Waals surface area contributed by atoms with E-state index >= 15 is 0 Å². The molecule has 17 heavy (non-hydrogen) atoms. The van der Waals surface area contributed by atoms with Crippen molar-refractivity contribution in [2.45, 2.75) is 19.4 Å². The van der Waals surface area contributed by atoms with E-state index in [0.29, 0.717) is 11.4 Å². The summed E-state index contributed by atoms with van der Waals surface area (Å²) in [5.74, 6) is -1.56. The van der Waals surface area contributed by atoms with E-state index in [1.807, 2.05) is 0 Å². The summed E-state index contributed by atoms with van der Waals surface area (Å²) in [7, 11) is 0. The standard InChI is InChI=1S/C11H11Cl2NO3/c1-2-9(11(16)17)14-10(15)6-3-4-7(12)8(13)5-6/h3-5,9H,2H2,1H3,(H,14,15)(H,16,17)/t9-/m1/s1. The van der Waals surface area contributed by atoms with Gasteiger partial charge in [0.25, 0.3) is 5.91 Å². The Morgan fingerprint density at radius 1 is 1.35 bits per heavy atom. The van der Waals surface area contributed by atoms with Crippen molar-refractivity contribution in [1.29, 1.82) is 0 Å². The van der Waals surface area contributed by atoms with Gasteiger partial charge in [-0.05, 0) is 24.6 Å². The first-order chi connectivity index (χ1) is 7.95. The largest absolute Gasteiger partial charge is 0.480 e. The first-order valence-corrected chi connectivity index (χ1v) is 5.70. The van der Waals surface area contributed by atoms with E-state index in [0.717, 1.165) is 0 Å². The summed E-state index contributed by atoms with van der Waals surface area (Å²) in [5.41, 5.74) is 0.277. The van der Waals surface area contributed by atoms with Crippen molar-refractivity contribution in [2.75, 3.05) is 0 Å². The van der Waals surface area contributed by atoms with Gasteiger partial charge in [0, 0.05) is 5.56 Å². The molecule has 4 nitrogen and oxygen atoms in total. The fraction of sp³-hybridized carbons (Fsp3) is 0.273. The first kappa shape index (κ1) is 13.8. The van der Waals surface area contributed by atoms with Gasteiger partial charge in [0.2, 0.25) is 0 Å². The van der Waals surface area contributed by atoms with Gasteiger partial charge in [-0.3, -0.25) is 4.79 Å². The number of carbonyl (C=O) groups is 2. The number of carboxylic acids is 1. The Morgan fingerprint density at radius 3 is 2.47 bits per heavy atom. The van der Waals surface area contributed by atoms with Crippen molar-refractivity contribution in [3.8, 4) is 0 Å². The molecule has 0 heterocycles. The van der Waals surface area contributed by atoms with Gasteiger partial charge in [0.15, 0.2) is 0 Å². The van der Waals surface area contributed by atoms with Crippen LogP contribution in [0.25, 0.3) is 0 Å². The maximum atomic E-state index is 11.7. The SMILES string of the molecule is CC[C@@H](NC(=O)c1ccc(Cl)c(Cl)c1)C(=O)O. The summed E-state index contributed by atoms with van der Waals surface area (Å²) in [5, 5.41) is 11.8. The molecule has 0 saturated heterocycles. The Kier molecular flexibility index (Phi) is 4.78. The molecule has 2 N–H and O–H groups in total. The van der Waals surface area contributed by atoms with Crippen LogP contribution in [0.1, 0.15) is 23.7 Å². The highest BCUT2D eigenvalue weighted by Gasteiger charge is 2.18. The predicted octanol–water partition coefficient (Wildman–Crippen LogP) is 2.59. The second-order valence-corrected chi connectivity index (χ2v) is 4.22. The summed E-state index contributed by atoms with van der Waals surface area (Å²) in [6.07, 6.45) is 0.308. The minimum absolute atomic E-state index is 0.252. The fourth-order valence-corrected chi connectivity index (χ4v) is 1.52. The number of benzene rings is 1. The van der Waals surface area contributed by atoms with Crippen LogP contribution in [0.15, 0.2) is 18.2 Å². The Bertz CT molecular complexity index is 448. The number of hydrogen-bond acceptors (Lipinski definition) is 2. The molecule has 0 unspecified atom stereocenters. The van der Waals surface area contributed by atoms with Crippen LogP contribution in [0.5, 0.6) is 0 Å². The molecule has 1 rings (SSSR count). The molecule has 6 heteroatoms. The third-order valence-electron chi connectivity index (χ3n) is 2.19. The van der Waals surface area contributed by atoms with Gasteiger partial charge >= 0.3 is 5.97 Å². The molecule has 1 atom stereocenters. The number of nitrogens with one attached hydrogen (secondary N) is 1. The van der Waals surface area contributed by atoms with Crippen LogP contribution in [0.4, 0.5) is 0 Å². The van der Waals surface area contributed by atoms with Gasteiger partial charge in [0.05, 0.1) is 10.0 Å². The van der Waals surface area contributed by atoms with Crippen molar-refractivity contribution >= 4 is 35.1 Å². The first-order valence-electron chi connectivity index (χ1n) is 4.94. The number of carboxylic acid groups (broad SMARTS) is 1. The monoisotopic (exact) mass is 275 g/mol. The maximum absolute atomic E-state index is 11.7. The summed E-state index contributed by atoms with van der Waals surface area (Å²) in [4.78, 5) is 22.5. The second kappa shape index (κ2) is 5.89. The van der Waals surface area contributed by atoms with Gasteiger partial charge in [-0.25, -0.2) is 4.79 Å². The average Bonchev–Trinajstić information content (AvgIpc) is 2.28. The highest BCUT2D eigenvalue weighted by atomic mass is 35.5. The van der Waals surface area contributed by atoms with Crippen LogP contribution >= 0.6 is 23.2 Å². The average molecular weight is 276 g/mol. The molecule has 92 valence electrons. The van der Waals surface area contributed by atoms with E-state index in [1.54, 1.807) is 6.92 Å². The van der Waals surface area contributed by atoms with Crippen LogP contribution in [-0.4, -0.2) is 23.0 Å². The third-order valence-corrected chi connectivity index (χ3v) is 2.93. The van der Waals surface area contributed by atoms with Gasteiger partial charge in [-0.1, -0.05) is 30.1 Å². The van der Waals surface area contributed by atoms with E-state index in [-0.39, 0.29) is 10.6 Å². The molecule has 0 aliphatic carbocycles. The highest BCUT2D eigenvalue weighted by Crippen LogP contribution is 2.22. The summed E-state index contributed by atoms with van der Waals surface area (Å²) >= 11 is 11.5. The van der Waals surface area contributed by atoms with E-state index in [9.17, 15) is 9.59 Å². The topological polar surface area (TPSA) is 66.4 Å². The molecular weight excluding hydrogens is 265 g/mol. The van der Waals surface area contributed by atoms with E-state index in [2.05, 4.69) is 5.32 Å². The molecule has 0 fully saturated rings. The Labute approximate surface area is 109 Å². The highest BCUT2D eigenvalue weighted by molar-refractivity contribution is 6.42. The number of carbonyl (C=O) groups excluding carboxylic acids is 1. The Hall–Kier alpha value is -1.26. The maximum Gasteiger partial charge on any atom is 0.326 e. The van der Waals surface area contributed by atoms with E-state index in [4.69, 9.17) is 28.3 Å². The van der Waals surface area contributed by atoms with Gasteiger partial charge in [0.1, 0.15) is 6.04 Å². The zero-order valence-corrected chi connectivity index (χ0v) is 10.5. The van der Waals surface area contributed by atoms with Crippen LogP contribution in [0.3, 0.4) is 0 Å². The smallest absolute Gasteiger partial charge is 0.326 e. The Morgan fingerprint density at radius 2 is 2.00 bits per heavy atom. The lowest BCUT2D eigenvalue weighted by Crippen LogP contribution is -2.40. The number of hydrogen-bond donors (Lipinski definition) is 2. The van der Waals surface area contributed by atoms with Gasteiger partial charge in [-0.2, -0.15) is 0 Å². The predicted molar refractivity (Wildman–Crippen MR) is 65.6 cm³/mol. The molecule has 0 aliphatic heterocycles. The molecule has 0 spiro atoms. The molecule has 1 aromatic rings. The lowest BCUT2D eigenvalue weighted by atomic mass is 10.1. The van der Waals surface area contributed by atoms with Crippen molar-refractivity contribution in [2.24, 2.45) is 0 Å². The molecule has 1 aromatic carbocycles. The molecule has 0 bridgehead atoms. The molecule has 0 aromatic heterocycles. The number of aliphatic carboxylic acids is 1. The molecule has 1 amide bonds. The van der Waals surface area contributed by atoms with Crippen LogP contribution in [0, 0.1) is 0 Å². The summed E-state index contributed by atoms with van der Waals surface area (Å²) in [6, 6.07) is 3.46. The Balaban J connectivity index is 2.82. The van der Waals surface area contributed by atoms with E-state index < -0.39 is 17.9 Å². The molecule has 0 saturated carbocycles. The number of halogens is 2. The molecular formula is C11H11Cl2NO3. The number of amides is 1. The van der Waals surface area contributed by atoms with Gasteiger partial charge < -0.3 is 10.4 Å². The normalized spacial score (nSPS) is 11.9. The van der Waals surface area contributed by atoms with Crippen LogP contribution in [-0.2, 0) is 4.79 Å². The lowest BCUT2D eigenvalue weighted by Gasteiger charge is -2.12. The van der Waals surface area contributed by atoms with Crippen molar-refractivity contribution < 1.29 is 14.7 Å². The minimum Gasteiger partial charge on any atom is -0.480 e. The zero-order valence-electron chi connectivity index (χ0n) is 9.04. The zero-order chi connectivity index (χ0) is 13.0. The number of rotatable bonds is 4. The van der Waals surface area contributed by atoms with Crippen LogP contribution < -0.4 is 5.32 Å². The minimum atomic E-state index is -1.07. The van der Waals surface area contributed by atoms with Crippen molar-refractivity contribution in [3.63, 3.8) is 0 Å². The molecule has 0 radical (unpaired) electrons. The molecule has 0 aliphatic rings. The van der Waals surface area contributed by atoms with E-state index in [1.165, 1.54) is 18.2 Å². The van der Waals surface area contributed by atoms with Crippen molar-refractivity contribution in [3.05, 3.63) is 33.8 Å². The quantitative estimate of drug-likeness (QED) is 0.888.